The summed E-state index contributed by atoms with van der Waals surface area (Å²) in [6, 6.07) is 15.9. The molecule has 0 aliphatic heterocycles. The van der Waals surface area contributed by atoms with Gasteiger partial charge in [-0.25, -0.2) is 0 Å². The molecule has 0 bridgehead atoms. The lowest BCUT2D eigenvalue weighted by Gasteiger charge is -2.40. The highest BCUT2D eigenvalue weighted by atomic mass is 35.5. The number of aryl methyl sites for hydroxylation is 1. The summed E-state index contributed by atoms with van der Waals surface area (Å²) in [5.74, 6) is 0. The molecule has 0 saturated carbocycles. The van der Waals surface area contributed by atoms with Gasteiger partial charge in [-0.1, -0.05) is 19.1 Å². The molecule has 2 unspecified atom stereocenters. The first kappa shape index (κ1) is 22.9. The van der Waals surface area contributed by atoms with Crippen LogP contribution in [0.2, 0.25) is 0 Å². The van der Waals surface area contributed by atoms with Crippen LogP contribution in [-0.2, 0) is 6.54 Å². The molecule has 6 heteroatoms. The summed E-state index contributed by atoms with van der Waals surface area (Å²) in [6.45, 7) is 9.32. The molecule has 0 saturated heterocycles. The number of hydrogen-bond donors (Lipinski definition) is 1. The second-order valence-electron chi connectivity index (χ2n) is 7.34. The van der Waals surface area contributed by atoms with Crippen molar-refractivity contribution in [3.05, 3.63) is 69.8 Å². The van der Waals surface area contributed by atoms with Crippen molar-refractivity contribution in [3.8, 4) is 0 Å². The number of likely N-dealkylation sites (N-methyl/N-ethyl adjacent to an activating group) is 1. The van der Waals surface area contributed by atoms with Crippen molar-refractivity contribution in [1.82, 2.24) is 0 Å². The van der Waals surface area contributed by atoms with Gasteiger partial charge in [0.25, 0.3) is 5.69 Å². The quantitative estimate of drug-likeness (QED) is 0.402. The van der Waals surface area contributed by atoms with E-state index in [1.807, 2.05) is 12.1 Å². The van der Waals surface area contributed by atoms with Crippen LogP contribution in [-0.4, -0.2) is 35.6 Å². The third-order valence-corrected chi connectivity index (χ3v) is 5.32. The van der Waals surface area contributed by atoms with Gasteiger partial charge < -0.3 is 22.2 Å². The molecule has 5 nitrogen and oxygen atoms in total. The van der Waals surface area contributed by atoms with E-state index in [0.29, 0.717) is 6.04 Å². The molecule has 1 N–H and O–H groups in total. The Balaban J connectivity index is 0.00000364. The van der Waals surface area contributed by atoms with Crippen molar-refractivity contribution in [2.45, 2.75) is 39.8 Å². The average molecular weight is 392 g/mol. The zero-order valence-electron chi connectivity index (χ0n) is 16.6. The average Bonchev–Trinajstić information content (AvgIpc) is 2.61. The van der Waals surface area contributed by atoms with E-state index in [4.69, 9.17) is 0 Å². The molecule has 0 radical (unpaired) electrons. The Morgan fingerprint density at radius 2 is 1.85 bits per heavy atom. The van der Waals surface area contributed by atoms with E-state index < -0.39 is 0 Å². The normalized spacial score (nSPS) is 13.9. The molecule has 0 aromatic heterocycles. The number of nitrogens with one attached hydrogen (secondary N) is 1. The zero-order chi connectivity index (χ0) is 19.2. The predicted molar refractivity (Wildman–Crippen MR) is 107 cm³/mol. The van der Waals surface area contributed by atoms with E-state index in [1.165, 1.54) is 5.56 Å². The number of rotatable bonds is 9. The van der Waals surface area contributed by atoms with E-state index in [-0.39, 0.29) is 23.0 Å². The third-order valence-electron chi connectivity index (χ3n) is 5.32. The molecule has 0 fully saturated rings. The number of nitro benzene ring substituents is 1. The van der Waals surface area contributed by atoms with Gasteiger partial charge in [0.1, 0.15) is 6.54 Å². The lowest BCUT2D eigenvalue weighted by molar-refractivity contribution is -0.943. The minimum atomic E-state index is -0.349. The topological polar surface area (TPSA) is 55.2 Å². The fourth-order valence-electron chi connectivity index (χ4n) is 3.25. The summed E-state index contributed by atoms with van der Waals surface area (Å²) in [7, 11) is 2.27. The van der Waals surface area contributed by atoms with Gasteiger partial charge in [0.15, 0.2) is 0 Å². The predicted octanol–water partition coefficient (Wildman–Crippen LogP) is 1.76. The Labute approximate surface area is 168 Å². The Bertz CT molecular complexity index is 736. The van der Waals surface area contributed by atoms with Crippen LogP contribution in [0.5, 0.6) is 0 Å². The summed E-state index contributed by atoms with van der Waals surface area (Å²) >= 11 is 0. The van der Waals surface area contributed by atoms with E-state index in [1.54, 1.807) is 12.1 Å². The minimum Gasteiger partial charge on any atom is -1.00 e. The number of hydrogen-bond acceptors (Lipinski definition) is 3. The van der Waals surface area contributed by atoms with Crippen LogP contribution in [0, 0.1) is 17.0 Å². The fourth-order valence-corrected chi connectivity index (χ4v) is 3.25. The minimum absolute atomic E-state index is 0. The maximum absolute atomic E-state index is 10.8. The number of anilines is 1. The number of non-ortho nitro benzene ring substituents is 1. The van der Waals surface area contributed by atoms with E-state index >= 15 is 0 Å². The lowest BCUT2D eigenvalue weighted by atomic mass is 10.1. The van der Waals surface area contributed by atoms with Gasteiger partial charge in [-0.15, -0.1) is 0 Å². The van der Waals surface area contributed by atoms with E-state index in [9.17, 15) is 10.1 Å². The number of benzene rings is 2. The third kappa shape index (κ3) is 6.52. The molecule has 148 valence electrons. The molecule has 2 atom stereocenters. The van der Waals surface area contributed by atoms with Crippen molar-refractivity contribution in [1.29, 1.82) is 0 Å². The molecule has 2 rings (SSSR count). The Kier molecular flexibility index (Phi) is 8.73. The van der Waals surface area contributed by atoms with Crippen LogP contribution in [0.25, 0.3) is 0 Å². The van der Waals surface area contributed by atoms with Crippen LogP contribution >= 0.6 is 0 Å². The van der Waals surface area contributed by atoms with Gasteiger partial charge >= 0.3 is 0 Å². The first-order valence-electron chi connectivity index (χ1n) is 9.22. The molecule has 0 heterocycles. The molecule has 0 aliphatic carbocycles. The molecule has 2 aromatic carbocycles. The first-order chi connectivity index (χ1) is 12.3. The van der Waals surface area contributed by atoms with Crippen molar-refractivity contribution >= 4 is 11.4 Å². The highest BCUT2D eigenvalue weighted by molar-refractivity contribution is 5.45. The Morgan fingerprint density at radius 1 is 1.19 bits per heavy atom. The standard InChI is InChI=1S/C21H30N3O2.ClH/c1-5-18(3)24(4,14-13-22-20-8-6-7-17(2)15-20)16-19-9-11-21(12-10-19)23(25)26;/h6-12,15,18,22H,5,13-14,16H2,1-4H3;1H/q+1;/p-1. The van der Waals surface area contributed by atoms with Gasteiger partial charge in [-0.05, 0) is 50.1 Å². The molecule has 27 heavy (non-hydrogen) atoms. The number of halogens is 1. The summed E-state index contributed by atoms with van der Waals surface area (Å²) in [4.78, 5) is 10.5. The van der Waals surface area contributed by atoms with Crippen molar-refractivity contribution < 1.29 is 21.8 Å². The molecular formula is C21H30ClN3O2. The zero-order valence-corrected chi connectivity index (χ0v) is 17.4. The van der Waals surface area contributed by atoms with Crippen molar-refractivity contribution in [2.75, 3.05) is 25.5 Å². The first-order valence-corrected chi connectivity index (χ1v) is 9.22. The Hall–Kier alpha value is -2.11. The van der Waals surface area contributed by atoms with Gasteiger partial charge in [0.05, 0.1) is 31.1 Å². The molecular weight excluding hydrogens is 362 g/mol. The van der Waals surface area contributed by atoms with Crippen LogP contribution in [0.4, 0.5) is 11.4 Å². The highest BCUT2D eigenvalue weighted by Crippen LogP contribution is 2.21. The van der Waals surface area contributed by atoms with Gasteiger partial charge in [0, 0.05) is 23.4 Å². The molecule has 0 aliphatic rings. The maximum Gasteiger partial charge on any atom is 0.269 e. The second-order valence-corrected chi connectivity index (χ2v) is 7.34. The van der Waals surface area contributed by atoms with Crippen molar-refractivity contribution in [2.24, 2.45) is 0 Å². The smallest absolute Gasteiger partial charge is 0.269 e. The second kappa shape index (κ2) is 10.3. The van der Waals surface area contributed by atoms with Gasteiger partial charge in [0.2, 0.25) is 0 Å². The molecule has 0 amide bonds. The number of nitrogens with zero attached hydrogens (tertiary/aromatic N) is 2. The summed E-state index contributed by atoms with van der Waals surface area (Å²) in [5.41, 5.74) is 3.68. The monoisotopic (exact) mass is 391 g/mol. The van der Waals surface area contributed by atoms with Crippen LogP contribution in [0.15, 0.2) is 48.5 Å². The van der Waals surface area contributed by atoms with Crippen LogP contribution in [0.3, 0.4) is 0 Å². The van der Waals surface area contributed by atoms with Gasteiger partial charge in [-0.2, -0.15) is 0 Å². The number of quaternary nitrogens is 1. The number of nitro groups is 1. The van der Waals surface area contributed by atoms with Crippen molar-refractivity contribution in [3.63, 3.8) is 0 Å². The maximum atomic E-state index is 10.8. The van der Waals surface area contributed by atoms with Crippen LogP contribution < -0.4 is 17.7 Å². The molecule has 0 spiro atoms. The van der Waals surface area contributed by atoms with E-state index in [0.717, 1.165) is 41.8 Å². The highest BCUT2D eigenvalue weighted by Gasteiger charge is 2.28. The van der Waals surface area contributed by atoms with E-state index in [2.05, 4.69) is 57.4 Å². The van der Waals surface area contributed by atoms with Crippen LogP contribution in [0.1, 0.15) is 31.4 Å². The lowest BCUT2D eigenvalue weighted by Crippen LogP contribution is -3.00. The fraction of sp³-hybridized carbons (Fsp3) is 0.429. The summed E-state index contributed by atoms with van der Waals surface area (Å²) < 4.78 is 0.896. The van der Waals surface area contributed by atoms with Gasteiger partial charge in [-0.3, -0.25) is 10.1 Å². The summed E-state index contributed by atoms with van der Waals surface area (Å²) in [6.07, 6.45) is 1.09. The Morgan fingerprint density at radius 3 is 2.41 bits per heavy atom. The summed E-state index contributed by atoms with van der Waals surface area (Å²) in [5, 5.41) is 14.4. The largest absolute Gasteiger partial charge is 1.00 e. The SMILES string of the molecule is CCC(C)[N+](C)(CCNc1cccc(C)c1)Cc1ccc([N+](=O)[O-])cc1.[Cl-]. The molecule has 2 aromatic rings.